The molecule has 1 aromatic carbocycles. The summed E-state index contributed by atoms with van der Waals surface area (Å²) in [6.07, 6.45) is 0. The van der Waals surface area contributed by atoms with Gasteiger partial charge in [-0.25, -0.2) is 4.39 Å². The number of ether oxygens (including phenoxy) is 2. The second kappa shape index (κ2) is 4.76. The molecule has 1 rings (SSSR count). The molecule has 0 saturated carbocycles. The Morgan fingerprint density at radius 3 is 2.77 bits per heavy atom. The van der Waals surface area contributed by atoms with Crippen LogP contribution in [-0.2, 0) is 4.74 Å². The van der Waals surface area contributed by atoms with E-state index in [1.807, 2.05) is 29.5 Å². The van der Waals surface area contributed by atoms with E-state index in [2.05, 4.69) is 4.74 Å². The van der Waals surface area contributed by atoms with Crippen molar-refractivity contribution in [3.63, 3.8) is 0 Å². The van der Waals surface area contributed by atoms with Crippen molar-refractivity contribution in [3.8, 4) is 5.75 Å². The van der Waals surface area contributed by atoms with E-state index in [4.69, 9.17) is 4.74 Å². The Morgan fingerprint density at radius 1 is 1.46 bits per heavy atom. The number of hydrogen-bond acceptors (Lipinski definition) is 2. The molecule has 0 unspecified atom stereocenters. The van der Waals surface area contributed by atoms with E-state index in [0.29, 0.717) is 3.57 Å². The van der Waals surface area contributed by atoms with Crippen molar-refractivity contribution in [2.24, 2.45) is 0 Å². The molecule has 1 aromatic rings. The van der Waals surface area contributed by atoms with Gasteiger partial charge in [-0.1, -0.05) is 0 Å². The molecule has 0 spiro atoms. The van der Waals surface area contributed by atoms with Crippen molar-refractivity contribution in [2.75, 3.05) is 13.9 Å². The molecule has 0 aliphatic heterocycles. The van der Waals surface area contributed by atoms with E-state index in [0.717, 1.165) is 5.56 Å². The van der Waals surface area contributed by atoms with Crippen LogP contribution in [0.15, 0.2) is 12.1 Å². The van der Waals surface area contributed by atoms with E-state index >= 15 is 0 Å². The van der Waals surface area contributed by atoms with E-state index < -0.39 is 0 Å². The Labute approximate surface area is 90.2 Å². The van der Waals surface area contributed by atoms with Crippen molar-refractivity contribution in [3.05, 3.63) is 27.1 Å². The number of benzene rings is 1. The molecule has 0 N–H and O–H groups in total. The summed E-state index contributed by atoms with van der Waals surface area (Å²) in [4.78, 5) is 0. The standard InChI is InChI=1S/C9H10FIO2/c1-6-3-7(11)9(10)8(4-6)13-5-12-2/h3-4H,5H2,1-2H3. The smallest absolute Gasteiger partial charge is 0.188 e. The highest BCUT2D eigenvalue weighted by Gasteiger charge is 2.08. The topological polar surface area (TPSA) is 18.5 Å². The predicted octanol–water partition coefficient (Wildman–Crippen LogP) is 2.72. The van der Waals surface area contributed by atoms with Crippen LogP contribution in [0.5, 0.6) is 5.75 Å². The van der Waals surface area contributed by atoms with E-state index in [9.17, 15) is 4.39 Å². The number of hydrogen-bond donors (Lipinski definition) is 0. The van der Waals surface area contributed by atoms with Crippen LogP contribution in [0.1, 0.15) is 5.56 Å². The minimum atomic E-state index is -0.330. The molecule has 0 aliphatic carbocycles. The van der Waals surface area contributed by atoms with Gasteiger partial charge in [0.25, 0.3) is 0 Å². The fourth-order valence-electron chi connectivity index (χ4n) is 0.920. The third-order valence-electron chi connectivity index (χ3n) is 1.47. The van der Waals surface area contributed by atoms with E-state index in [1.165, 1.54) is 7.11 Å². The van der Waals surface area contributed by atoms with Gasteiger partial charge in [-0.05, 0) is 47.2 Å². The molecular weight excluding hydrogens is 286 g/mol. The third-order valence-corrected chi connectivity index (χ3v) is 2.26. The number of rotatable bonds is 3. The lowest BCUT2D eigenvalue weighted by molar-refractivity contribution is 0.0481. The Morgan fingerprint density at radius 2 is 2.15 bits per heavy atom. The summed E-state index contributed by atoms with van der Waals surface area (Å²) in [5.41, 5.74) is 0.969. The molecule has 0 fully saturated rings. The molecular formula is C9H10FIO2. The van der Waals surface area contributed by atoms with Crippen LogP contribution in [0.25, 0.3) is 0 Å². The van der Waals surface area contributed by atoms with Gasteiger partial charge in [0.15, 0.2) is 18.4 Å². The highest BCUT2D eigenvalue weighted by molar-refractivity contribution is 14.1. The zero-order valence-electron chi connectivity index (χ0n) is 7.43. The van der Waals surface area contributed by atoms with Gasteiger partial charge in [0, 0.05) is 7.11 Å². The second-order valence-electron chi connectivity index (χ2n) is 2.61. The molecule has 0 aliphatic rings. The first-order valence-corrected chi connectivity index (χ1v) is 4.80. The number of methoxy groups -OCH3 is 1. The Balaban J connectivity index is 2.92. The first-order valence-electron chi connectivity index (χ1n) is 3.72. The second-order valence-corrected chi connectivity index (χ2v) is 3.77. The van der Waals surface area contributed by atoms with Gasteiger partial charge < -0.3 is 9.47 Å². The molecule has 72 valence electrons. The normalized spacial score (nSPS) is 10.2. The first kappa shape index (κ1) is 10.7. The van der Waals surface area contributed by atoms with Gasteiger partial charge in [-0.2, -0.15) is 0 Å². The summed E-state index contributed by atoms with van der Waals surface area (Å²) in [5.74, 6) is -0.0884. The number of aryl methyl sites for hydroxylation is 1. The lowest BCUT2D eigenvalue weighted by atomic mass is 10.2. The van der Waals surface area contributed by atoms with E-state index in [-0.39, 0.29) is 18.4 Å². The van der Waals surface area contributed by atoms with Gasteiger partial charge >= 0.3 is 0 Å². The van der Waals surface area contributed by atoms with Gasteiger partial charge in [0.05, 0.1) is 3.57 Å². The summed E-state index contributed by atoms with van der Waals surface area (Å²) in [6, 6.07) is 3.41. The first-order chi connectivity index (χ1) is 6.15. The Kier molecular flexibility index (Phi) is 3.92. The molecule has 0 heterocycles. The van der Waals surface area contributed by atoms with Gasteiger partial charge in [0.2, 0.25) is 0 Å². The van der Waals surface area contributed by atoms with Crippen LogP contribution in [0.2, 0.25) is 0 Å². The summed E-state index contributed by atoms with van der Waals surface area (Å²) in [7, 11) is 1.50. The highest BCUT2D eigenvalue weighted by atomic mass is 127. The molecule has 0 saturated heterocycles. The molecule has 0 radical (unpaired) electrons. The van der Waals surface area contributed by atoms with Crippen molar-refractivity contribution in [1.29, 1.82) is 0 Å². The molecule has 2 nitrogen and oxygen atoms in total. The fraction of sp³-hybridized carbons (Fsp3) is 0.333. The van der Waals surface area contributed by atoms with Gasteiger partial charge in [-0.15, -0.1) is 0 Å². The molecule has 0 bridgehead atoms. The van der Waals surface area contributed by atoms with Crippen LogP contribution >= 0.6 is 22.6 Å². The Bertz CT molecular complexity index is 302. The maximum absolute atomic E-state index is 13.3. The van der Waals surface area contributed by atoms with Gasteiger partial charge in [-0.3, -0.25) is 0 Å². The van der Waals surface area contributed by atoms with Crippen LogP contribution in [0, 0.1) is 16.3 Å². The van der Waals surface area contributed by atoms with Crippen LogP contribution in [-0.4, -0.2) is 13.9 Å². The lowest BCUT2D eigenvalue weighted by Crippen LogP contribution is -2.02. The highest BCUT2D eigenvalue weighted by Crippen LogP contribution is 2.23. The Hall–Kier alpha value is -0.360. The molecule has 0 amide bonds. The van der Waals surface area contributed by atoms with Crippen LogP contribution in [0.3, 0.4) is 0 Å². The zero-order valence-corrected chi connectivity index (χ0v) is 9.59. The van der Waals surface area contributed by atoms with Crippen LogP contribution in [0.4, 0.5) is 4.39 Å². The SMILES string of the molecule is COCOc1cc(C)cc(I)c1F. The maximum Gasteiger partial charge on any atom is 0.188 e. The zero-order chi connectivity index (χ0) is 9.84. The molecule has 0 aromatic heterocycles. The summed E-state index contributed by atoms with van der Waals surface area (Å²) >= 11 is 1.93. The molecule has 13 heavy (non-hydrogen) atoms. The summed E-state index contributed by atoms with van der Waals surface area (Å²) in [6.45, 7) is 1.96. The van der Waals surface area contributed by atoms with Crippen molar-refractivity contribution in [2.45, 2.75) is 6.92 Å². The average molecular weight is 296 g/mol. The van der Waals surface area contributed by atoms with Gasteiger partial charge in [0.1, 0.15) is 0 Å². The average Bonchev–Trinajstić information content (AvgIpc) is 2.09. The molecule has 4 heteroatoms. The quantitative estimate of drug-likeness (QED) is 0.631. The van der Waals surface area contributed by atoms with Crippen molar-refractivity contribution < 1.29 is 13.9 Å². The van der Waals surface area contributed by atoms with E-state index in [1.54, 1.807) is 12.1 Å². The van der Waals surface area contributed by atoms with Crippen LogP contribution < -0.4 is 4.74 Å². The largest absolute Gasteiger partial charge is 0.464 e. The summed E-state index contributed by atoms with van der Waals surface area (Å²) in [5, 5.41) is 0. The fourth-order valence-corrected chi connectivity index (χ4v) is 1.68. The number of halogens is 2. The minimum Gasteiger partial charge on any atom is -0.464 e. The lowest BCUT2D eigenvalue weighted by Gasteiger charge is -2.07. The maximum atomic E-state index is 13.3. The third kappa shape index (κ3) is 2.80. The molecule has 0 atom stereocenters. The summed E-state index contributed by atoms with van der Waals surface area (Å²) < 4.78 is 23.6. The minimum absolute atomic E-state index is 0.0659. The predicted molar refractivity (Wildman–Crippen MR) is 56.4 cm³/mol. The monoisotopic (exact) mass is 296 g/mol. The van der Waals surface area contributed by atoms with Crippen molar-refractivity contribution >= 4 is 22.6 Å². The van der Waals surface area contributed by atoms with Crippen molar-refractivity contribution in [1.82, 2.24) is 0 Å².